The summed E-state index contributed by atoms with van der Waals surface area (Å²) in [4.78, 5) is 10.1. The van der Waals surface area contributed by atoms with Gasteiger partial charge in [0, 0.05) is 6.07 Å². The Bertz CT molecular complexity index is 478. The molecule has 0 bridgehead atoms. The molecular weight excluding hydrogens is 210 g/mol. The van der Waals surface area contributed by atoms with Crippen molar-refractivity contribution in [1.82, 2.24) is 0 Å². The molecular formula is C11H9NO4. The van der Waals surface area contributed by atoms with E-state index in [1.54, 1.807) is 30.5 Å². The van der Waals surface area contributed by atoms with Gasteiger partial charge in [-0.3, -0.25) is 10.1 Å². The van der Waals surface area contributed by atoms with Gasteiger partial charge in [-0.15, -0.1) is 0 Å². The molecule has 0 saturated carbocycles. The highest BCUT2D eigenvalue weighted by Crippen LogP contribution is 2.20. The van der Waals surface area contributed by atoms with Gasteiger partial charge < -0.3 is 9.15 Å². The summed E-state index contributed by atoms with van der Waals surface area (Å²) in [6.45, 7) is 0.258. The minimum absolute atomic E-state index is 0.0111. The van der Waals surface area contributed by atoms with Crippen LogP contribution in [-0.4, -0.2) is 4.92 Å². The third-order valence-electron chi connectivity index (χ3n) is 1.99. The average Bonchev–Trinajstić information content (AvgIpc) is 2.79. The lowest BCUT2D eigenvalue weighted by molar-refractivity contribution is -0.384. The van der Waals surface area contributed by atoms with Gasteiger partial charge in [-0.2, -0.15) is 0 Å². The summed E-state index contributed by atoms with van der Waals surface area (Å²) < 4.78 is 10.4. The summed E-state index contributed by atoms with van der Waals surface area (Å²) in [6.07, 6.45) is 1.55. The molecule has 1 heterocycles. The molecule has 2 rings (SSSR count). The molecule has 0 radical (unpaired) electrons. The number of nitro groups is 1. The Morgan fingerprint density at radius 2 is 2.19 bits per heavy atom. The summed E-state index contributed by atoms with van der Waals surface area (Å²) in [6, 6.07) is 9.57. The van der Waals surface area contributed by atoms with Gasteiger partial charge in [-0.25, -0.2) is 0 Å². The second-order valence-corrected chi connectivity index (χ2v) is 3.12. The first-order valence-corrected chi connectivity index (χ1v) is 4.65. The number of furan rings is 1. The van der Waals surface area contributed by atoms with Crippen LogP contribution in [0.3, 0.4) is 0 Å². The lowest BCUT2D eigenvalue weighted by Crippen LogP contribution is -1.94. The second kappa shape index (κ2) is 4.48. The quantitative estimate of drug-likeness (QED) is 0.585. The minimum atomic E-state index is -0.459. The van der Waals surface area contributed by atoms with E-state index in [9.17, 15) is 10.1 Å². The Balaban J connectivity index is 2.04. The molecule has 0 aliphatic heterocycles. The summed E-state index contributed by atoms with van der Waals surface area (Å²) in [5, 5.41) is 10.5. The van der Waals surface area contributed by atoms with E-state index in [1.165, 1.54) is 12.1 Å². The maximum absolute atomic E-state index is 10.5. The van der Waals surface area contributed by atoms with E-state index in [-0.39, 0.29) is 12.3 Å². The highest BCUT2D eigenvalue weighted by molar-refractivity contribution is 5.37. The molecule has 5 nitrogen and oxygen atoms in total. The number of hydrogen-bond donors (Lipinski definition) is 0. The molecule has 1 aromatic carbocycles. The topological polar surface area (TPSA) is 65.5 Å². The Morgan fingerprint density at radius 1 is 1.31 bits per heavy atom. The van der Waals surface area contributed by atoms with Crippen molar-refractivity contribution < 1.29 is 14.1 Å². The normalized spacial score (nSPS) is 10.0. The van der Waals surface area contributed by atoms with Crippen molar-refractivity contribution in [3.63, 3.8) is 0 Å². The van der Waals surface area contributed by atoms with Gasteiger partial charge in [0.2, 0.25) is 0 Å². The van der Waals surface area contributed by atoms with Crippen LogP contribution in [0.4, 0.5) is 5.69 Å². The van der Waals surface area contributed by atoms with Crippen LogP contribution in [0.1, 0.15) is 5.76 Å². The summed E-state index contributed by atoms with van der Waals surface area (Å²) in [5.41, 5.74) is 0.0111. The van der Waals surface area contributed by atoms with Crippen molar-refractivity contribution in [2.24, 2.45) is 0 Å². The van der Waals surface area contributed by atoms with E-state index in [0.29, 0.717) is 11.5 Å². The molecule has 0 fully saturated rings. The van der Waals surface area contributed by atoms with Crippen LogP contribution in [-0.2, 0) is 6.61 Å². The number of non-ortho nitro benzene ring substituents is 1. The zero-order valence-electron chi connectivity index (χ0n) is 8.33. The zero-order chi connectivity index (χ0) is 11.4. The standard InChI is InChI=1S/C11H9NO4/c13-12(14)9-3-1-4-10(7-9)16-8-11-5-2-6-15-11/h1-7H,8H2. The molecule has 0 spiro atoms. The van der Waals surface area contributed by atoms with Crippen molar-refractivity contribution >= 4 is 5.69 Å². The lowest BCUT2D eigenvalue weighted by Gasteiger charge is -2.03. The number of hydrogen-bond acceptors (Lipinski definition) is 4. The molecule has 0 unspecified atom stereocenters. The van der Waals surface area contributed by atoms with Crippen molar-refractivity contribution in [3.05, 3.63) is 58.5 Å². The molecule has 0 atom stereocenters. The molecule has 1 aromatic heterocycles. The first-order valence-electron chi connectivity index (χ1n) is 4.65. The number of rotatable bonds is 4. The molecule has 0 aliphatic rings. The predicted octanol–water partition coefficient (Wildman–Crippen LogP) is 2.77. The third kappa shape index (κ3) is 2.38. The minimum Gasteiger partial charge on any atom is -0.485 e. The molecule has 16 heavy (non-hydrogen) atoms. The summed E-state index contributed by atoms with van der Waals surface area (Å²) in [7, 11) is 0. The van der Waals surface area contributed by atoms with Crippen LogP contribution in [0.15, 0.2) is 47.1 Å². The highest BCUT2D eigenvalue weighted by atomic mass is 16.6. The molecule has 0 saturated heterocycles. The van der Waals surface area contributed by atoms with Gasteiger partial charge >= 0.3 is 0 Å². The fourth-order valence-corrected chi connectivity index (χ4v) is 1.24. The smallest absolute Gasteiger partial charge is 0.273 e. The van der Waals surface area contributed by atoms with Gasteiger partial charge in [-0.05, 0) is 18.2 Å². The van der Waals surface area contributed by atoms with Gasteiger partial charge in [-0.1, -0.05) is 6.07 Å². The van der Waals surface area contributed by atoms with Crippen molar-refractivity contribution in [2.45, 2.75) is 6.61 Å². The number of nitrogens with zero attached hydrogens (tertiary/aromatic N) is 1. The van der Waals surface area contributed by atoms with Gasteiger partial charge in [0.1, 0.15) is 18.1 Å². The predicted molar refractivity (Wildman–Crippen MR) is 56.1 cm³/mol. The highest BCUT2D eigenvalue weighted by Gasteiger charge is 2.06. The zero-order valence-corrected chi connectivity index (χ0v) is 8.33. The van der Waals surface area contributed by atoms with E-state index in [1.807, 2.05) is 0 Å². The first-order chi connectivity index (χ1) is 7.75. The van der Waals surface area contributed by atoms with Crippen molar-refractivity contribution in [1.29, 1.82) is 0 Å². The largest absolute Gasteiger partial charge is 0.485 e. The molecule has 5 heteroatoms. The van der Waals surface area contributed by atoms with E-state index in [2.05, 4.69) is 0 Å². The summed E-state index contributed by atoms with van der Waals surface area (Å²) >= 11 is 0. The SMILES string of the molecule is O=[N+]([O-])c1cccc(OCc2ccco2)c1. The molecule has 2 aromatic rings. The lowest BCUT2D eigenvalue weighted by atomic mass is 10.3. The van der Waals surface area contributed by atoms with Gasteiger partial charge in [0.05, 0.1) is 17.3 Å². The first kappa shape index (κ1) is 10.2. The Labute approximate surface area is 91.4 Å². The van der Waals surface area contributed by atoms with E-state index < -0.39 is 4.92 Å². The molecule has 0 aliphatic carbocycles. The maximum Gasteiger partial charge on any atom is 0.273 e. The maximum atomic E-state index is 10.5. The number of benzene rings is 1. The van der Waals surface area contributed by atoms with Gasteiger partial charge in [0.25, 0.3) is 5.69 Å². The Kier molecular flexibility index (Phi) is 2.86. The number of nitro benzene ring substituents is 1. The molecule has 0 amide bonds. The van der Waals surface area contributed by atoms with E-state index in [0.717, 1.165) is 0 Å². The summed E-state index contributed by atoms with van der Waals surface area (Å²) in [5.74, 6) is 1.12. The molecule has 82 valence electrons. The monoisotopic (exact) mass is 219 g/mol. The van der Waals surface area contributed by atoms with Gasteiger partial charge in [0.15, 0.2) is 0 Å². The fraction of sp³-hybridized carbons (Fsp3) is 0.0909. The van der Waals surface area contributed by atoms with E-state index >= 15 is 0 Å². The van der Waals surface area contributed by atoms with Crippen LogP contribution in [0, 0.1) is 10.1 Å². The second-order valence-electron chi connectivity index (χ2n) is 3.12. The Hall–Kier alpha value is -2.30. The van der Waals surface area contributed by atoms with E-state index in [4.69, 9.17) is 9.15 Å². The van der Waals surface area contributed by atoms with Crippen LogP contribution < -0.4 is 4.74 Å². The van der Waals surface area contributed by atoms with Crippen LogP contribution in [0.2, 0.25) is 0 Å². The average molecular weight is 219 g/mol. The third-order valence-corrected chi connectivity index (χ3v) is 1.99. The van der Waals surface area contributed by atoms with Crippen LogP contribution >= 0.6 is 0 Å². The fourth-order valence-electron chi connectivity index (χ4n) is 1.24. The van der Waals surface area contributed by atoms with Crippen LogP contribution in [0.25, 0.3) is 0 Å². The molecule has 0 N–H and O–H groups in total. The van der Waals surface area contributed by atoms with Crippen molar-refractivity contribution in [3.8, 4) is 5.75 Å². The number of ether oxygens (including phenoxy) is 1. The Morgan fingerprint density at radius 3 is 2.88 bits per heavy atom. The van der Waals surface area contributed by atoms with Crippen molar-refractivity contribution in [2.75, 3.05) is 0 Å². The van der Waals surface area contributed by atoms with Crippen LogP contribution in [0.5, 0.6) is 5.75 Å².